The van der Waals surface area contributed by atoms with Crippen LogP contribution in [0.15, 0.2) is 28.7 Å². The molecule has 0 aliphatic carbocycles. The number of carbonyl (C=O) groups is 2. The summed E-state index contributed by atoms with van der Waals surface area (Å²) in [6.07, 6.45) is 1.21. The quantitative estimate of drug-likeness (QED) is 0.513. The Morgan fingerprint density at radius 3 is 2.42 bits per heavy atom. The molecule has 0 bridgehead atoms. The zero-order valence-electron chi connectivity index (χ0n) is 23.2. The second kappa shape index (κ2) is 10.9. The first kappa shape index (κ1) is 27.3. The number of aryl methyl sites for hydroxylation is 3. The summed E-state index contributed by atoms with van der Waals surface area (Å²) in [6, 6.07) is 7.39. The number of likely N-dealkylation sites (tertiary alicyclic amines) is 1. The second-order valence-corrected chi connectivity index (χ2v) is 10.8. The van der Waals surface area contributed by atoms with Crippen LogP contribution >= 0.6 is 0 Å². The number of ether oxygens (including phenoxy) is 1. The van der Waals surface area contributed by atoms with Crippen molar-refractivity contribution in [3.05, 3.63) is 41.4 Å². The Morgan fingerprint density at radius 1 is 1.13 bits per heavy atom. The van der Waals surface area contributed by atoms with Gasteiger partial charge in [0.15, 0.2) is 17.4 Å². The monoisotopic (exact) mass is 523 g/mol. The summed E-state index contributed by atoms with van der Waals surface area (Å²) < 4.78 is 12.9. The molecule has 1 aliphatic rings. The molecule has 1 aliphatic heterocycles. The van der Waals surface area contributed by atoms with Crippen molar-refractivity contribution in [3.8, 4) is 17.4 Å². The zero-order chi connectivity index (χ0) is 27.6. The van der Waals surface area contributed by atoms with Gasteiger partial charge in [0, 0.05) is 37.9 Å². The van der Waals surface area contributed by atoms with E-state index in [1.807, 2.05) is 53.7 Å². The van der Waals surface area contributed by atoms with Crippen LogP contribution in [-0.4, -0.2) is 79.9 Å². The molecule has 11 heteroatoms. The number of piperidine rings is 1. The SMILES string of the molecule is Cc1cc(C)n(-c2cc(NC(=O)CN3CCC(N(C)C(=O)OC(C)(C)C)CC3)nc(-c3ccc(C)o3)n2)n1. The van der Waals surface area contributed by atoms with Gasteiger partial charge in [-0.3, -0.25) is 9.69 Å². The number of hydrogen-bond donors (Lipinski definition) is 1. The van der Waals surface area contributed by atoms with E-state index in [0.717, 1.165) is 30.0 Å². The van der Waals surface area contributed by atoms with Crippen molar-refractivity contribution in [1.82, 2.24) is 29.5 Å². The van der Waals surface area contributed by atoms with Gasteiger partial charge in [-0.1, -0.05) is 0 Å². The van der Waals surface area contributed by atoms with Crippen LogP contribution in [0.2, 0.25) is 0 Å². The van der Waals surface area contributed by atoms with E-state index in [4.69, 9.17) is 9.15 Å². The van der Waals surface area contributed by atoms with E-state index >= 15 is 0 Å². The predicted molar refractivity (Wildman–Crippen MR) is 143 cm³/mol. The van der Waals surface area contributed by atoms with E-state index in [-0.39, 0.29) is 24.6 Å². The van der Waals surface area contributed by atoms with Crippen LogP contribution in [-0.2, 0) is 9.53 Å². The van der Waals surface area contributed by atoms with Crippen LogP contribution in [0.1, 0.15) is 50.8 Å². The fraction of sp³-hybridized carbons (Fsp3) is 0.519. The largest absolute Gasteiger partial charge is 0.458 e. The Kier molecular flexibility index (Phi) is 7.86. The average molecular weight is 524 g/mol. The van der Waals surface area contributed by atoms with Crippen molar-refractivity contribution in [1.29, 1.82) is 0 Å². The Balaban J connectivity index is 1.42. The lowest BCUT2D eigenvalue weighted by Crippen LogP contribution is -2.48. The molecule has 0 radical (unpaired) electrons. The van der Waals surface area contributed by atoms with Crippen molar-refractivity contribution in [3.63, 3.8) is 0 Å². The first-order valence-corrected chi connectivity index (χ1v) is 12.9. The molecular weight excluding hydrogens is 486 g/mol. The normalized spacial score (nSPS) is 14.9. The van der Waals surface area contributed by atoms with Gasteiger partial charge in [-0.2, -0.15) is 5.10 Å². The summed E-state index contributed by atoms with van der Waals surface area (Å²) >= 11 is 0. The maximum absolute atomic E-state index is 13.0. The molecule has 38 heavy (non-hydrogen) atoms. The number of aromatic nitrogens is 4. The Morgan fingerprint density at radius 2 is 1.84 bits per heavy atom. The van der Waals surface area contributed by atoms with Crippen LogP contribution < -0.4 is 5.32 Å². The molecule has 0 spiro atoms. The average Bonchev–Trinajstić information content (AvgIpc) is 3.42. The molecule has 0 saturated carbocycles. The standard InChI is InChI=1S/C27H37N7O4/c1-17-14-18(2)34(31-17)23-15-22(29-25(30-23)21-9-8-19(3)37-21)28-24(35)16-33-12-10-20(11-13-33)32(7)26(36)38-27(4,5)6/h8-9,14-15,20H,10-13,16H2,1-7H3,(H,28,29,30,35). The van der Waals surface area contributed by atoms with Gasteiger partial charge in [-0.05, 0) is 72.6 Å². The predicted octanol–water partition coefficient (Wildman–Crippen LogP) is 4.12. The van der Waals surface area contributed by atoms with Crippen LogP contribution in [0.3, 0.4) is 0 Å². The van der Waals surface area contributed by atoms with E-state index in [0.29, 0.717) is 36.3 Å². The number of hydrogen-bond acceptors (Lipinski definition) is 8. The fourth-order valence-corrected chi connectivity index (χ4v) is 4.47. The first-order chi connectivity index (χ1) is 17.9. The molecule has 0 atom stereocenters. The Labute approximate surface area is 223 Å². The summed E-state index contributed by atoms with van der Waals surface area (Å²) in [7, 11) is 1.77. The molecule has 1 saturated heterocycles. The van der Waals surface area contributed by atoms with Crippen molar-refractivity contribution in [2.24, 2.45) is 0 Å². The van der Waals surface area contributed by atoms with Crippen LogP contribution in [0.5, 0.6) is 0 Å². The van der Waals surface area contributed by atoms with Crippen molar-refractivity contribution in [2.45, 2.75) is 66.0 Å². The molecule has 4 rings (SSSR count). The maximum atomic E-state index is 13.0. The van der Waals surface area contributed by atoms with Crippen molar-refractivity contribution < 1.29 is 18.7 Å². The number of carbonyl (C=O) groups excluding carboxylic acids is 2. The maximum Gasteiger partial charge on any atom is 0.410 e. The van der Waals surface area contributed by atoms with E-state index in [1.165, 1.54) is 0 Å². The van der Waals surface area contributed by atoms with E-state index < -0.39 is 5.60 Å². The smallest absolute Gasteiger partial charge is 0.410 e. The second-order valence-electron chi connectivity index (χ2n) is 10.8. The van der Waals surface area contributed by atoms with Gasteiger partial charge in [-0.15, -0.1) is 0 Å². The minimum Gasteiger partial charge on any atom is -0.458 e. The third-order valence-electron chi connectivity index (χ3n) is 6.32. The van der Waals surface area contributed by atoms with Gasteiger partial charge in [0.2, 0.25) is 5.91 Å². The lowest BCUT2D eigenvalue weighted by Gasteiger charge is -2.37. The molecule has 1 N–H and O–H groups in total. The van der Waals surface area contributed by atoms with E-state index in [1.54, 1.807) is 28.8 Å². The van der Waals surface area contributed by atoms with Gasteiger partial charge in [0.25, 0.3) is 0 Å². The Hall–Kier alpha value is -3.73. The molecular formula is C27H37N7O4. The summed E-state index contributed by atoms with van der Waals surface area (Å²) in [5, 5.41) is 7.45. The molecule has 204 valence electrons. The Bertz CT molecular complexity index is 1300. The summed E-state index contributed by atoms with van der Waals surface area (Å²) in [5.74, 6) is 2.35. The number of anilines is 1. The molecule has 2 amide bonds. The summed E-state index contributed by atoms with van der Waals surface area (Å²) in [4.78, 5) is 38.3. The van der Waals surface area contributed by atoms with E-state index in [2.05, 4.69) is 25.3 Å². The summed E-state index contributed by atoms with van der Waals surface area (Å²) in [5.41, 5.74) is 1.25. The molecule has 4 heterocycles. The molecule has 11 nitrogen and oxygen atoms in total. The van der Waals surface area contributed by atoms with Crippen molar-refractivity contribution in [2.75, 3.05) is 32.0 Å². The third-order valence-corrected chi connectivity index (χ3v) is 6.32. The molecule has 0 aromatic carbocycles. The molecule has 0 unspecified atom stereocenters. The highest BCUT2D eigenvalue weighted by molar-refractivity contribution is 5.91. The molecule has 3 aromatic heterocycles. The van der Waals surface area contributed by atoms with Gasteiger partial charge in [0.1, 0.15) is 17.2 Å². The minimum absolute atomic E-state index is 0.0775. The molecule has 1 fully saturated rings. The van der Waals surface area contributed by atoms with Crippen LogP contribution in [0.25, 0.3) is 17.4 Å². The number of nitrogens with zero attached hydrogens (tertiary/aromatic N) is 6. The third kappa shape index (κ3) is 6.77. The number of rotatable bonds is 6. The number of furan rings is 1. The topological polar surface area (TPSA) is 119 Å². The highest BCUT2D eigenvalue weighted by atomic mass is 16.6. The van der Waals surface area contributed by atoms with Gasteiger partial charge < -0.3 is 19.4 Å². The van der Waals surface area contributed by atoms with Gasteiger partial charge in [-0.25, -0.2) is 19.4 Å². The first-order valence-electron chi connectivity index (χ1n) is 12.9. The molecule has 3 aromatic rings. The highest BCUT2D eigenvalue weighted by Gasteiger charge is 2.29. The van der Waals surface area contributed by atoms with Gasteiger partial charge in [0.05, 0.1) is 12.2 Å². The number of nitrogens with one attached hydrogen (secondary N) is 1. The van der Waals surface area contributed by atoms with E-state index in [9.17, 15) is 9.59 Å². The van der Waals surface area contributed by atoms with Crippen LogP contribution in [0.4, 0.5) is 10.6 Å². The number of amides is 2. The van der Waals surface area contributed by atoms with Crippen molar-refractivity contribution >= 4 is 17.8 Å². The lowest BCUT2D eigenvalue weighted by molar-refractivity contribution is -0.117. The fourth-order valence-electron chi connectivity index (χ4n) is 4.47. The minimum atomic E-state index is -0.532. The summed E-state index contributed by atoms with van der Waals surface area (Å²) in [6.45, 7) is 12.9. The lowest BCUT2D eigenvalue weighted by atomic mass is 10.0. The van der Waals surface area contributed by atoms with Gasteiger partial charge >= 0.3 is 6.09 Å². The van der Waals surface area contributed by atoms with Crippen LogP contribution in [0, 0.1) is 20.8 Å². The zero-order valence-corrected chi connectivity index (χ0v) is 23.2. The highest BCUT2D eigenvalue weighted by Crippen LogP contribution is 2.23.